The van der Waals surface area contributed by atoms with E-state index in [4.69, 9.17) is 5.73 Å². The van der Waals surface area contributed by atoms with Crippen LogP contribution in [0.25, 0.3) is 0 Å². The van der Waals surface area contributed by atoms with Gasteiger partial charge in [-0.25, -0.2) is 0 Å². The Hall–Kier alpha value is -0.930. The number of rotatable bonds is 3. The Morgan fingerprint density at radius 1 is 1.57 bits per heavy atom. The van der Waals surface area contributed by atoms with Crippen LogP contribution in [0.3, 0.4) is 0 Å². The van der Waals surface area contributed by atoms with Crippen LogP contribution in [0.4, 0.5) is 0 Å². The van der Waals surface area contributed by atoms with Crippen molar-refractivity contribution in [3.8, 4) is 0 Å². The Morgan fingerprint density at radius 2 is 2.36 bits per heavy atom. The van der Waals surface area contributed by atoms with Crippen molar-refractivity contribution in [1.29, 1.82) is 0 Å². The minimum Gasteiger partial charge on any atom is -0.396 e. The van der Waals surface area contributed by atoms with Crippen LogP contribution in [-0.4, -0.2) is 16.7 Å². The lowest BCUT2D eigenvalue weighted by Crippen LogP contribution is -2.43. The standard InChI is InChI=1S/C11H16N2O/c12-10(9-3-1-6-13-7-9)11(8-14)4-2-5-11/h1,3,6-7,10,14H,2,4-5,8,12H2. The van der Waals surface area contributed by atoms with E-state index in [1.54, 1.807) is 12.4 Å². The summed E-state index contributed by atoms with van der Waals surface area (Å²) in [7, 11) is 0. The molecule has 0 bridgehead atoms. The van der Waals surface area contributed by atoms with E-state index in [0.717, 1.165) is 18.4 Å². The molecule has 1 aromatic rings. The first-order valence-corrected chi connectivity index (χ1v) is 5.05. The number of nitrogens with zero attached hydrogens (tertiary/aromatic N) is 1. The van der Waals surface area contributed by atoms with Gasteiger partial charge in [-0.1, -0.05) is 12.5 Å². The number of hydrogen-bond acceptors (Lipinski definition) is 3. The summed E-state index contributed by atoms with van der Waals surface area (Å²) >= 11 is 0. The molecule has 1 saturated carbocycles. The zero-order valence-electron chi connectivity index (χ0n) is 8.19. The van der Waals surface area contributed by atoms with E-state index < -0.39 is 0 Å². The van der Waals surface area contributed by atoms with Gasteiger partial charge in [0.15, 0.2) is 0 Å². The summed E-state index contributed by atoms with van der Waals surface area (Å²) in [4.78, 5) is 4.05. The molecule has 3 N–H and O–H groups in total. The molecule has 1 aromatic heterocycles. The Morgan fingerprint density at radius 3 is 2.79 bits per heavy atom. The van der Waals surface area contributed by atoms with Gasteiger partial charge in [0, 0.05) is 23.9 Å². The van der Waals surface area contributed by atoms with Crippen molar-refractivity contribution in [2.24, 2.45) is 11.1 Å². The molecule has 1 fully saturated rings. The van der Waals surface area contributed by atoms with Crippen LogP contribution in [0.2, 0.25) is 0 Å². The Balaban J connectivity index is 2.19. The van der Waals surface area contributed by atoms with Crippen molar-refractivity contribution < 1.29 is 5.11 Å². The number of nitrogens with two attached hydrogens (primary N) is 1. The summed E-state index contributed by atoms with van der Waals surface area (Å²) in [6, 6.07) is 3.79. The molecule has 0 spiro atoms. The van der Waals surface area contributed by atoms with Crippen LogP contribution >= 0.6 is 0 Å². The lowest BCUT2D eigenvalue weighted by molar-refractivity contribution is 0.0183. The summed E-state index contributed by atoms with van der Waals surface area (Å²) in [6.45, 7) is 0.184. The van der Waals surface area contributed by atoms with E-state index in [9.17, 15) is 5.11 Å². The highest BCUT2D eigenvalue weighted by molar-refractivity contribution is 5.18. The van der Waals surface area contributed by atoms with E-state index in [-0.39, 0.29) is 18.1 Å². The Bertz CT molecular complexity index is 290. The smallest absolute Gasteiger partial charge is 0.0505 e. The summed E-state index contributed by atoms with van der Waals surface area (Å²) in [5, 5.41) is 9.37. The zero-order valence-corrected chi connectivity index (χ0v) is 8.19. The molecule has 0 amide bonds. The quantitative estimate of drug-likeness (QED) is 0.757. The average Bonchev–Trinajstić information content (AvgIpc) is 2.18. The van der Waals surface area contributed by atoms with Crippen LogP contribution in [0.1, 0.15) is 30.9 Å². The number of aliphatic hydroxyl groups is 1. The first-order chi connectivity index (χ1) is 6.78. The van der Waals surface area contributed by atoms with Gasteiger partial charge >= 0.3 is 0 Å². The van der Waals surface area contributed by atoms with Gasteiger partial charge in [-0.15, -0.1) is 0 Å². The molecule has 14 heavy (non-hydrogen) atoms. The first-order valence-electron chi connectivity index (χ1n) is 5.05. The Labute approximate surface area is 84.0 Å². The predicted molar refractivity (Wildman–Crippen MR) is 54.5 cm³/mol. The van der Waals surface area contributed by atoms with Gasteiger partial charge in [0.2, 0.25) is 0 Å². The molecule has 0 saturated heterocycles. The van der Waals surface area contributed by atoms with Crippen molar-refractivity contribution in [2.45, 2.75) is 25.3 Å². The van der Waals surface area contributed by atoms with Crippen LogP contribution in [0.5, 0.6) is 0 Å². The van der Waals surface area contributed by atoms with Crippen LogP contribution in [0.15, 0.2) is 24.5 Å². The maximum absolute atomic E-state index is 9.37. The second kappa shape index (κ2) is 3.67. The molecule has 1 unspecified atom stereocenters. The highest BCUT2D eigenvalue weighted by Gasteiger charge is 2.42. The van der Waals surface area contributed by atoms with Crippen molar-refractivity contribution in [3.05, 3.63) is 30.1 Å². The molecular weight excluding hydrogens is 176 g/mol. The maximum atomic E-state index is 9.37. The van der Waals surface area contributed by atoms with Crippen LogP contribution in [0, 0.1) is 5.41 Å². The summed E-state index contributed by atoms with van der Waals surface area (Å²) in [5.41, 5.74) is 7.09. The van der Waals surface area contributed by atoms with Gasteiger partial charge in [0.25, 0.3) is 0 Å². The lowest BCUT2D eigenvalue weighted by atomic mass is 9.63. The number of pyridine rings is 1. The predicted octanol–water partition coefficient (Wildman–Crippen LogP) is 1.24. The van der Waals surface area contributed by atoms with Crippen molar-refractivity contribution >= 4 is 0 Å². The Kier molecular flexibility index (Phi) is 2.52. The average molecular weight is 192 g/mol. The lowest BCUT2D eigenvalue weighted by Gasteiger charge is -2.45. The van der Waals surface area contributed by atoms with Gasteiger partial charge in [0.1, 0.15) is 0 Å². The molecule has 3 heteroatoms. The molecule has 0 radical (unpaired) electrons. The van der Waals surface area contributed by atoms with E-state index in [0.29, 0.717) is 0 Å². The van der Waals surface area contributed by atoms with E-state index >= 15 is 0 Å². The highest BCUT2D eigenvalue weighted by atomic mass is 16.3. The van der Waals surface area contributed by atoms with Gasteiger partial charge in [-0.3, -0.25) is 4.98 Å². The third-order valence-corrected chi connectivity index (χ3v) is 3.37. The minimum atomic E-state index is -0.0803. The second-order valence-corrected chi connectivity index (χ2v) is 4.14. The normalized spacial score (nSPS) is 21.3. The van der Waals surface area contributed by atoms with E-state index in [1.807, 2.05) is 12.1 Å². The van der Waals surface area contributed by atoms with Gasteiger partial charge < -0.3 is 10.8 Å². The molecule has 0 aromatic carbocycles. The second-order valence-electron chi connectivity index (χ2n) is 4.14. The summed E-state index contributed by atoms with van der Waals surface area (Å²) in [5.74, 6) is 0. The third-order valence-electron chi connectivity index (χ3n) is 3.37. The molecular formula is C11H16N2O. The topological polar surface area (TPSA) is 59.1 Å². The number of hydrogen-bond donors (Lipinski definition) is 2. The monoisotopic (exact) mass is 192 g/mol. The molecule has 1 atom stereocenters. The van der Waals surface area contributed by atoms with Crippen LogP contribution in [-0.2, 0) is 0 Å². The van der Waals surface area contributed by atoms with Gasteiger partial charge in [0.05, 0.1) is 6.61 Å². The van der Waals surface area contributed by atoms with E-state index in [2.05, 4.69) is 4.98 Å². The largest absolute Gasteiger partial charge is 0.396 e. The molecule has 1 aliphatic rings. The fraction of sp³-hybridized carbons (Fsp3) is 0.545. The van der Waals surface area contributed by atoms with Crippen molar-refractivity contribution in [3.63, 3.8) is 0 Å². The molecule has 0 aliphatic heterocycles. The first kappa shape index (κ1) is 9.62. The number of aliphatic hydroxyl groups excluding tert-OH is 1. The molecule has 1 heterocycles. The summed E-state index contributed by atoms with van der Waals surface area (Å²) < 4.78 is 0. The van der Waals surface area contributed by atoms with Crippen LogP contribution < -0.4 is 5.73 Å². The molecule has 3 nitrogen and oxygen atoms in total. The minimum absolute atomic E-state index is 0.0741. The van der Waals surface area contributed by atoms with Gasteiger partial charge in [-0.05, 0) is 24.5 Å². The molecule has 76 valence electrons. The molecule has 2 rings (SSSR count). The fourth-order valence-corrected chi connectivity index (χ4v) is 2.11. The zero-order chi connectivity index (χ0) is 10.0. The maximum Gasteiger partial charge on any atom is 0.0505 e. The number of aromatic nitrogens is 1. The third kappa shape index (κ3) is 1.42. The fourth-order valence-electron chi connectivity index (χ4n) is 2.11. The summed E-state index contributed by atoms with van der Waals surface area (Å²) in [6.07, 6.45) is 6.76. The molecule has 1 aliphatic carbocycles. The van der Waals surface area contributed by atoms with Gasteiger partial charge in [-0.2, -0.15) is 0 Å². The SMILES string of the molecule is NC(c1cccnc1)C1(CO)CCC1. The van der Waals surface area contributed by atoms with Crippen molar-refractivity contribution in [2.75, 3.05) is 6.61 Å². The highest BCUT2D eigenvalue weighted by Crippen LogP contribution is 2.48. The van der Waals surface area contributed by atoms with E-state index in [1.165, 1.54) is 6.42 Å². The van der Waals surface area contributed by atoms with Crippen molar-refractivity contribution in [1.82, 2.24) is 4.98 Å².